The van der Waals surface area contributed by atoms with Crippen LogP contribution in [-0.2, 0) is 0 Å². The average Bonchev–Trinajstić information content (AvgIpc) is 2.45. The van der Waals surface area contributed by atoms with Crippen LogP contribution in [0.3, 0.4) is 0 Å². The van der Waals surface area contributed by atoms with E-state index in [1.165, 1.54) is 18.4 Å². The van der Waals surface area contributed by atoms with E-state index < -0.39 is 0 Å². The Balaban J connectivity index is 0.000000461. The van der Waals surface area contributed by atoms with Crippen molar-refractivity contribution in [2.24, 2.45) is 5.92 Å². The maximum absolute atomic E-state index is 3.36. The van der Waals surface area contributed by atoms with E-state index in [9.17, 15) is 0 Å². The van der Waals surface area contributed by atoms with Gasteiger partial charge in [-0.25, -0.2) is 0 Å². The van der Waals surface area contributed by atoms with Crippen molar-refractivity contribution >= 4 is 0 Å². The molecule has 14 heavy (non-hydrogen) atoms. The number of hydrogen-bond acceptors (Lipinski definition) is 1. The largest absolute Gasteiger partial charge is 0.316 e. The van der Waals surface area contributed by atoms with Crippen molar-refractivity contribution in [3.05, 3.63) is 36.0 Å². The van der Waals surface area contributed by atoms with E-state index in [1.807, 2.05) is 13.8 Å². The third kappa shape index (κ3) is 2.58. The van der Waals surface area contributed by atoms with Crippen molar-refractivity contribution in [1.29, 1.82) is 0 Å². The second kappa shape index (κ2) is 5.82. The molecule has 0 aromatic carbocycles. The van der Waals surface area contributed by atoms with E-state index in [-0.39, 0.29) is 0 Å². The van der Waals surface area contributed by atoms with Crippen molar-refractivity contribution in [1.82, 2.24) is 5.32 Å². The number of hydrogen-bond donors (Lipinski definition) is 1. The van der Waals surface area contributed by atoms with E-state index in [0.29, 0.717) is 12.0 Å². The maximum Gasteiger partial charge on any atom is 0.0165 e. The van der Waals surface area contributed by atoms with E-state index in [2.05, 4.69) is 42.7 Å². The Morgan fingerprint density at radius 2 is 2.07 bits per heavy atom. The Morgan fingerprint density at radius 3 is 2.79 bits per heavy atom. The van der Waals surface area contributed by atoms with Crippen LogP contribution in [0.1, 0.15) is 26.7 Å². The molecule has 2 aliphatic rings. The van der Waals surface area contributed by atoms with Crippen LogP contribution < -0.4 is 5.32 Å². The van der Waals surface area contributed by atoms with Gasteiger partial charge in [0.2, 0.25) is 0 Å². The number of allylic oxidation sites excluding steroid dienone is 4. The minimum Gasteiger partial charge on any atom is -0.316 e. The third-order valence-electron chi connectivity index (χ3n) is 2.74. The molecule has 0 amide bonds. The Kier molecular flexibility index (Phi) is 4.68. The predicted molar refractivity (Wildman–Crippen MR) is 63.3 cm³/mol. The van der Waals surface area contributed by atoms with E-state index in [4.69, 9.17) is 0 Å². The first-order valence-electron chi connectivity index (χ1n) is 5.63. The smallest absolute Gasteiger partial charge is 0.0165 e. The quantitative estimate of drug-likeness (QED) is 0.671. The number of fused-ring (bicyclic) bond motifs is 1. The molecule has 2 rings (SSSR count). The van der Waals surface area contributed by atoms with Crippen LogP contribution >= 0.6 is 0 Å². The van der Waals surface area contributed by atoms with Crippen molar-refractivity contribution in [3.63, 3.8) is 0 Å². The summed E-state index contributed by atoms with van der Waals surface area (Å²) >= 11 is 0. The molecule has 0 aromatic rings. The highest BCUT2D eigenvalue weighted by Crippen LogP contribution is 2.26. The highest BCUT2D eigenvalue weighted by molar-refractivity contribution is 5.31. The molecule has 2 unspecified atom stereocenters. The van der Waals surface area contributed by atoms with Crippen molar-refractivity contribution < 1.29 is 0 Å². The zero-order valence-corrected chi connectivity index (χ0v) is 9.46. The number of rotatable bonds is 1. The maximum atomic E-state index is 3.36. The zero-order valence-electron chi connectivity index (χ0n) is 9.46. The van der Waals surface area contributed by atoms with Gasteiger partial charge in [-0.1, -0.05) is 49.8 Å². The summed E-state index contributed by atoms with van der Waals surface area (Å²) in [6.07, 6.45) is 13.7. The van der Waals surface area contributed by atoms with Gasteiger partial charge in [-0.3, -0.25) is 0 Å². The summed E-state index contributed by atoms with van der Waals surface area (Å²) in [6, 6.07) is 0.643. The van der Waals surface area contributed by atoms with Gasteiger partial charge >= 0.3 is 0 Å². The van der Waals surface area contributed by atoms with Crippen LogP contribution in [-0.4, -0.2) is 13.1 Å². The zero-order chi connectivity index (χ0) is 10.4. The van der Waals surface area contributed by atoms with Crippen molar-refractivity contribution in [2.75, 3.05) is 7.05 Å². The molecule has 2 atom stereocenters. The predicted octanol–water partition coefficient (Wildman–Crippen LogP) is 3.06. The van der Waals surface area contributed by atoms with Crippen LogP contribution in [0.4, 0.5) is 0 Å². The lowest BCUT2D eigenvalue weighted by Gasteiger charge is -2.26. The fourth-order valence-corrected chi connectivity index (χ4v) is 2.00. The minimum atomic E-state index is 0.605. The van der Waals surface area contributed by atoms with Crippen molar-refractivity contribution in [3.8, 4) is 0 Å². The highest BCUT2D eigenvalue weighted by Gasteiger charge is 2.20. The van der Waals surface area contributed by atoms with Crippen LogP contribution in [0.15, 0.2) is 36.0 Å². The van der Waals surface area contributed by atoms with Gasteiger partial charge in [-0.2, -0.15) is 0 Å². The molecule has 0 aromatic heterocycles. The van der Waals surface area contributed by atoms with Gasteiger partial charge in [-0.15, -0.1) is 0 Å². The topological polar surface area (TPSA) is 12.0 Å². The Labute approximate surface area is 87.6 Å². The van der Waals surface area contributed by atoms with Gasteiger partial charge in [-0.05, 0) is 19.9 Å². The molecule has 78 valence electrons. The van der Waals surface area contributed by atoms with Gasteiger partial charge in [0.1, 0.15) is 0 Å². The molecule has 2 bridgehead atoms. The molecule has 0 aliphatic heterocycles. The van der Waals surface area contributed by atoms with Gasteiger partial charge in [0.05, 0.1) is 0 Å². The fourth-order valence-electron chi connectivity index (χ4n) is 2.00. The second-order valence-corrected chi connectivity index (χ2v) is 3.50. The fraction of sp³-hybridized carbons (Fsp3) is 0.538. The monoisotopic (exact) mass is 191 g/mol. The summed E-state index contributed by atoms with van der Waals surface area (Å²) in [6.45, 7) is 4.00. The van der Waals surface area contributed by atoms with Gasteiger partial charge in [0.25, 0.3) is 0 Å². The summed E-state index contributed by atoms with van der Waals surface area (Å²) in [5, 5.41) is 3.36. The highest BCUT2D eigenvalue weighted by atomic mass is 14.9. The first-order chi connectivity index (χ1) is 6.90. The molecule has 1 N–H and O–H groups in total. The summed E-state index contributed by atoms with van der Waals surface area (Å²) in [7, 11) is 2.05. The summed E-state index contributed by atoms with van der Waals surface area (Å²) in [5.74, 6) is 0.605. The van der Waals surface area contributed by atoms with E-state index >= 15 is 0 Å². The molecule has 1 heteroatoms. The molecule has 0 spiro atoms. The Morgan fingerprint density at radius 1 is 1.29 bits per heavy atom. The molecule has 1 nitrogen and oxygen atoms in total. The average molecular weight is 191 g/mol. The minimum absolute atomic E-state index is 0.605. The Hall–Kier alpha value is -0.820. The molecule has 0 radical (unpaired) electrons. The summed E-state index contributed by atoms with van der Waals surface area (Å²) < 4.78 is 0. The molecule has 2 aliphatic carbocycles. The molecule has 0 fully saturated rings. The summed E-state index contributed by atoms with van der Waals surface area (Å²) in [4.78, 5) is 0. The van der Waals surface area contributed by atoms with Gasteiger partial charge in [0.15, 0.2) is 0 Å². The third-order valence-corrected chi connectivity index (χ3v) is 2.74. The van der Waals surface area contributed by atoms with Gasteiger partial charge in [0, 0.05) is 12.0 Å². The summed E-state index contributed by atoms with van der Waals surface area (Å²) in [5.41, 5.74) is 1.50. The van der Waals surface area contributed by atoms with Crippen LogP contribution in [0.25, 0.3) is 0 Å². The first-order valence-corrected chi connectivity index (χ1v) is 5.63. The Bertz CT molecular complexity index is 248. The standard InChI is InChI=1S/C11H15N.C2H6/c1-12-11-7-6-9-4-2-3-5-10(11)8-9;1-2/h2-5,8,10-12H,6-7H2,1H3;1-2H3. The van der Waals surface area contributed by atoms with E-state index in [1.54, 1.807) is 0 Å². The molecule has 0 saturated heterocycles. The van der Waals surface area contributed by atoms with Crippen molar-refractivity contribution in [2.45, 2.75) is 32.7 Å². The SMILES string of the molecule is CC.CNC1CCC2=CC1C=CC=C2. The number of nitrogens with one attached hydrogen (secondary N) is 1. The molecular weight excluding hydrogens is 170 g/mol. The van der Waals surface area contributed by atoms with E-state index in [0.717, 1.165) is 0 Å². The molecule has 0 heterocycles. The van der Waals surface area contributed by atoms with Gasteiger partial charge < -0.3 is 5.32 Å². The lowest BCUT2D eigenvalue weighted by molar-refractivity contribution is 0.445. The van der Waals surface area contributed by atoms with Crippen LogP contribution in [0.5, 0.6) is 0 Å². The molecule has 0 saturated carbocycles. The lowest BCUT2D eigenvalue weighted by Crippen LogP contribution is -2.33. The molecular formula is C13H21N. The first kappa shape index (κ1) is 11.3. The second-order valence-electron chi connectivity index (χ2n) is 3.50. The lowest BCUT2D eigenvalue weighted by atomic mass is 9.87. The van der Waals surface area contributed by atoms with Crippen LogP contribution in [0.2, 0.25) is 0 Å². The normalized spacial score (nSPS) is 28.6. The van der Waals surface area contributed by atoms with Crippen LogP contribution in [0, 0.1) is 5.92 Å².